The van der Waals surface area contributed by atoms with E-state index >= 15 is 0 Å². The SMILES string of the molecule is CNC(=O)N1CCC2(CCCCC2)C1. The summed E-state index contributed by atoms with van der Waals surface area (Å²) >= 11 is 0. The van der Waals surface area contributed by atoms with Gasteiger partial charge in [0.25, 0.3) is 0 Å². The van der Waals surface area contributed by atoms with Gasteiger partial charge in [0.2, 0.25) is 0 Å². The van der Waals surface area contributed by atoms with Gasteiger partial charge in [0.1, 0.15) is 0 Å². The van der Waals surface area contributed by atoms with Crippen molar-refractivity contribution in [3.05, 3.63) is 0 Å². The maximum absolute atomic E-state index is 11.5. The topological polar surface area (TPSA) is 32.3 Å². The second kappa shape index (κ2) is 3.79. The minimum absolute atomic E-state index is 0.104. The third-order valence-corrected chi connectivity index (χ3v) is 3.85. The zero-order chi connectivity index (χ0) is 10.0. The predicted molar refractivity (Wildman–Crippen MR) is 56.2 cm³/mol. The summed E-state index contributed by atoms with van der Waals surface area (Å²) in [4.78, 5) is 13.4. The summed E-state index contributed by atoms with van der Waals surface area (Å²) in [5.74, 6) is 0. The smallest absolute Gasteiger partial charge is 0.317 e. The van der Waals surface area contributed by atoms with Crippen LogP contribution in [0.3, 0.4) is 0 Å². The van der Waals surface area contributed by atoms with Crippen LogP contribution in [0.15, 0.2) is 0 Å². The van der Waals surface area contributed by atoms with Crippen molar-refractivity contribution in [1.82, 2.24) is 10.2 Å². The fraction of sp³-hybridized carbons (Fsp3) is 0.909. The van der Waals surface area contributed by atoms with Crippen molar-refractivity contribution in [2.24, 2.45) is 5.41 Å². The lowest BCUT2D eigenvalue weighted by molar-refractivity contribution is 0.178. The number of nitrogens with zero attached hydrogens (tertiary/aromatic N) is 1. The number of amides is 2. The average molecular weight is 196 g/mol. The molecule has 0 aromatic carbocycles. The van der Waals surface area contributed by atoms with E-state index in [0.717, 1.165) is 13.1 Å². The molecule has 0 radical (unpaired) electrons. The van der Waals surface area contributed by atoms with E-state index in [1.165, 1.54) is 38.5 Å². The number of hydrogen-bond donors (Lipinski definition) is 1. The molecule has 1 saturated heterocycles. The van der Waals surface area contributed by atoms with Crippen molar-refractivity contribution in [3.8, 4) is 0 Å². The first-order valence-electron chi connectivity index (χ1n) is 5.72. The van der Waals surface area contributed by atoms with Gasteiger partial charge in [-0.15, -0.1) is 0 Å². The Morgan fingerprint density at radius 1 is 1.21 bits per heavy atom. The quantitative estimate of drug-likeness (QED) is 0.631. The van der Waals surface area contributed by atoms with Crippen LogP contribution in [0.2, 0.25) is 0 Å². The van der Waals surface area contributed by atoms with Gasteiger partial charge in [-0.1, -0.05) is 19.3 Å². The van der Waals surface area contributed by atoms with Gasteiger partial charge in [-0.3, -0.25) is 0 Å². The minimum Gasteiger partial charge on any atom is -0.341 e. The third-order valence-electron chi connectivity index (χ3n) is 3.85. The molecule has 0 unspecified atom stereocenters. The Hall–Kier alpha value is -0.730. The molecule has 80 valence electrons. The second-order valence-corrected chi connectivity index (χ2v) is 4.79. The first-order valence-corrected chi connectivity index (χ1v) is 5.72. The zero-order valence-electron chi connectivity index (χ0n) is 9.01. The van der Waals surface area contributed by atoms with Crippen LogP contribution in [0.5, 0.6) is 0 Å². The van der Waals surface area contributed by atoms with Gasteiger partial charge in [-0.25, -0.2) is 4.79 Å². The first-order chi connectivity index (χ1) is 6.76. The Kier molecular flexibility index (Phi) is 2.66. The number of urea groups is 1. The van der Waals surface area contributed by atoms with Crippen LogP contribution in [0.1, 0.15) is 38.5 Å². The van der Waals surface area contributed by atoms with Gasteiger partial charge in [0, 0.05) is 20.1 Å². The van der Waals surface area contributed by atoms with Crippen molar-refractivity contribution < 1.29 is 4.79 Å². The largest absolute Gasteiger partial charge is 0.341 e. The lowest BCUT2D eigenvalue weighted by Crippen LogP contribution is -2.38. The fourth-order valence-corrected chi connectivity index (χ4v) is 2.98. The van der Waals surface area contributed by atoms with Crippen LogP contribution < -0.4 is 5.32 Å². The summed E-state index contributed by atoms with van der Waals surface area (Å²) in [5.41, 5.74) is 0.491. The Morgan fingerprint density at radius 2 is 1.93 bits per heavy atom. The molecule has 0 aromatic heterocycles. The Labute approximate surface area is 85.8 Å². The molecule has 2 amide bonds. The molecule has 1 N–H and O–H groups in total. The van der Waals surface area contributed by atoms with Gasteiger partial charge in [0.15, 0.2) is 0 Å². The van der Waals surface area contributed by atoms with Crippen molar-refractivity contribution in [2.75, 3.05) is 20.1 Å². The molecule has 2 rings (SSSR count). The van der Waals surface area contributed by atoms with Crippen LogP contribution in [0, 0.1) is 5.41 Å². The molecule has 2 aliphatic rings. The summed E-state index contributed by atoms with van der Waals surface area (Å²) in [6.45, 7) is 1.95. The van der Waals surface area contributed by atoms with E-state index in [0.29, 0.717) is 5.41 Å². The first kappa shape index (κ1) is 9.81. The van der Waals surface area contributed by atoms with Crippen molar-refractivity contribution in [1.29, 1.82) is 0 Å². The molecular weight excluding hydrogens is 176 g/mol. The highest BCUT2D eigenvalue weighted by Crippen LogP contribution is 2.43. The van der Waals surface area contributed by atoms with E-state index in [4.69, 9.17) is 0 Å². The van der Waals surface area contributed by atoms with E-state index in [1.54, 1.807) is 7.05 Å². The fourth-order valence-electron chi connectivity index (χ4n) is 2.98. The van der Waals surface area contributed by atoms with Gasteiger partial charge in [-0.2, -0.15) is 0 Å². The van der Waals surface area contributed by atoms with Crippen LogP contribution in [-0.4, -0.2) is 31.1 Å². The number of carbonyl (C=O) groups excluding carboxylic acids is 1. The van der Waals surface area contributed by atoms with Crippen LogP contribution in [-0.2, 0) is 0 Å². The number of rotatable bonds is 0. The molecule has 0 bridgehead atoms. The van der Waals surface area contributed by atoms with E-state index < -0.39 is 0 Å². The number of carbonyl (C=O) groups is 1. The van der Waals surface area contributed by atoms with Crippen LogP contribution in [0.4, 0.5) is 4.79 Å². The molecule has 14 heavy (non-hydrogen) atoms. The monoisotopic (exact) mass is 196 g/mol. The van der Waals surface area contributed by atoms with E-state index in [9.17, 15) is 4.79 Å². The summed E-state index contributed by atoms with van der Waals surface area (Å²) < 4.78 is 0. The van der Waals surface area contributed by atoms with Gasteiger partial charge < -0.3 is 10.2 Å². The summed E-state index contributed by atoms with van der Waals surface area (Å²) in [6, 6.07) is 0.104. The standard InChI is InChI=1S/C11H20N2O/c1-12-10(14)13-8-7-11(9-13)5-3-2-4-6-11/h2-9H2,1H3,(H,12,14). The average Bonchev–Trinajstić information content (AvgIpc) is 2.62. The molecule has 1 aliphatic carbocycles. The molecule has 1 spiro atoms. The molecule has 0 atom stereocenters. The molecule has 1 heterocycles. The third kappa shape index (κ3) is 1.72. The number of hydrogen-bond acceptors (Lipinski definition) is 1. The van der Waals surface area contributed by atoms with Gasteiger partial charge in [0.05, 0.1) is 0 Å². The normalized spacial score (nSPS) is 25.4. The van der Waals surface area contributed by atoms with E-state index in [2.05, 4.69) is 5.32 Å². The second-order valence-electron chi connectivity index (χ2n) is 4.79. The van der Waals surface area contributed by atoms with Crippen LogP contribution >= 0.6 is 0 Å². The summed E-state index contributed by atoms with van der Waals surface area (Å²) in [6.07, 6.45) is 8.01. The van der Waals surface area contributed by atoms with Crippen molar-refractivity contribution >= 4 is 6.03 Å². The molecule has 2 fully saturated rings. The molecule has 3 nitrogen and oxygen atoms in total. The maximum Gasteiger partial charge on any atom is 0.317 e. The Bertz CT molecular complexity index is 221. The molecule has 0 aromatic rings. The lowest BCUT2D eigenvalue weighted by Gasteiger charge is -2.33. The summed E-state index contributed by atoms with van der Waals surface area (Å²) in [5, 5.41) is 2.72. The molecule has 3 heteroatoms. The molecule has 1 saturated carbocycles. The number of nitrogens with one attached hydrogen (secondary N) is 1. The van der Waals surface area contributed by atoms with Gasteiger partial charge in [-0.05, 0) is 24.7 Å². The summed E-state index contributed by atoms with van der Waals surface area (Å²) in [7, 11) is 1.72. The van der Waals surface area contributed by atoms with Gasteiger partial charge >= 0.3 is 6.03 Å². The Balaban J connectivity index is 1.95. The number of likely N-dealkylation sites (tertiary alicyclic amines) is 1. The lowest BCUT2D eigenvalue weighted by atomic mass is 9.73. The zero-order valence-corrected chi connectivity index (χ0v) is 9.01. The van der Waals surface area contributed by atoms with Crippen molar-refractivity contribution in [2.45, 2.75) is 38.5 Å². The highest BCUT2D eigenvalue weighted by molar-refractivity contribution is 5.74. The molecular formula is C11H20N2O. The van der Waals surface area contributed by atoms with Crippen LogP contribution in [0.25, 0.3) is 0 Å². The minimum atomic E-state index is 0.104. The maximum atomic E-state index is 11.5. The molecule has 1 aliphatic heterocycles. The predicted octanol–water partition coefficient (Wildman–Crippen LogP) is 1.98. The van der Waals surface area contributed by atoms with E-state index in [-0.39, 0.29) is 6.03 Å². The Morgan fingerprint density at radius 3 is 2.57 bits per heavy atom. The highest BCUT2D eigenvalue weighted by atomic mass is 16.2. The van der Waals surface area contributed by atoms with Crippen molar-refractivity contribution in [3.63, 3.8) is 0 Å². The highest BCUT2D eigenvalue weighted by Gasteiger charge is 2.40. The van der Waals surface area contributed by atoms with E-state index in [1.807, 2.05) is 4.90 Å².